The molecule has 0 spiro atoms. The Kier molecular flexibility index (Phi) is 4.95. The van der Waals surface area contributed by atoms with Gasteiger partial charge in [0.15, 0.2) is 0 Å². The topological polar surface area (TPSA) is 99.6 Å². The lowest BCUT2D eigenvalue weighted by Crippen LogP contribution is -2.30. The highest BCUT2D eigenvalue weighted by atomic mass is 32.1. The van der Waals surface area contributed by atoms with Gasteiger partial charge in [0.25, 0.3) is 5.56 Å². The van der Waals surface area contributed by atoms with E-state index < -0.39 is 5.69 Å². The molecule has 1 aromatic carbocycles. The number of benzene rings is 1. The van der Waals surface area contributed by atoms with E-state index in [9.17, 15) is 14.4 Å². The second-order valence-corrected chi connectivity index (χ2v) is 8.60. The van der Waals surface area contributed by atoms with Crippen LogP contribution in [0.2, 0.25) is 0 Å². The first-order valence-electron chi connectivity index (χ1n) is 10.1. The summed E-state index contributed by atoms with van der Waals surface area (Å²) in [6.07, 6.45) is 1.70. The van der Waals surface area contributed by atoms with E-state index in [1.807, 2.05) is 25.1 Å². The molecule has 4 heterocycles. The normalized spacial score (nSPS) is 16.4. The van der Waals surface area contributed by atoms with Crippen molar-refractivity contribution in [2.24, 2.45) is 0 Å². The standard InChI is InChI=1S/C21H21N5O4S/c1-13-4-2-5-14(10-13)22-17(27)12-25-21(29)26-16-7-9-31-18(16)19(28)24(20(26)23-25)11-15-6-3-8-30-15/h2,4-5,7,9-10,15H,3,6,8,11-12H2,1H3,(H,22,27). The Balaban J connectivity index is 1.55. The molecule has 160 valence electrons. The van der Waals surface area contributed by atoms with Gasteiger partial charge in [-0.3, -0.25) is 14.2 Å². The molecule has 0 saturated carbocycles. The van der Waals surface area contributed by atoms with Gasteiger partial charge >= 0.3 is 5.69 Å². The molecule has 1 saturated heterocycles. The molecule has 3 aromatic heterocycles. The zero-order valence-corrected chi connectivity index (χ0v) is 17.7. The highest BCUT2D eigenvalue weighted by molar-refractivity contribution is 7.17. The molecule has 1 amide bonds. The minimum Gasteiger partial charge on any atom is -0.376 e. The number of hydrogen-bond donors (Lipinski definition) is 1. The van der Waals surface area contributed by atoms with Crippen LogP contribution in [-0.4, -0.2) is 37.4 Å². The molecule has 1 unspecified atom stereocenters. The first-order valence-corrected chi connectivity index (χ1v) is 11.0. The third kappa shape index (κ3) is 3.57. The van der Waals surface area contributed by atoms with Gasteiger partial charge in [-0.2, -0.15) is 0 Å². The van der Waals surface area contributed by atoms with Crippen molar-refractivity contribution in [3.8, 4) is 0 Å². The predicted molar refractivity (Wildman–Crippen MR) is 118 cm³/mol. The van der Waals surface area contributed by atoms with Gasteiger partial charge in [0.2, 0.25) is 11.7 Å². The van der Waals surface area contributed by atoms with E-state index in [1.54, 1.807) is 17.5 Å². The van der Waals surface area contributed by atoms with Gasteiger partial charge < -0.3 is 10.1 Å². The molecule has 5 rings (SSSR count). The van der Waals surface area contributed by atoms with Crippen molar-refractivity contribution in [3.63, 3.8) is 0 Å². The number of thiophene rings is 1. The lowest BCUT2D eigenvalue weighted by atomic mass is 10.2. The molecule has 1 N–H and O–H groups in total. The van der Waals surface area contributed by atoms with Crippen LogP contribution in [0.3, 0.4) is 0 Å². The number of ether oxygens (including phenoxy) is 1. The Labute approximate surface area is 180 Å². The average Bonchev–Trinajstić information content (AvgIpc) is 3.46. The van der Waals surface area contributed by atoms with Crippen LogP contribution in [0.15, 0.2) is 45.3 Å². The maximum absolute atomic E-state index is 13.1. The lowest BCUT2D eigenvalue weighted by molar-refractivity contribution is -0.117. The second-order valence-electron chi connectivity index (χ2n) is 7.68. The molecule has 31 heavy (non-hydrogen) atoms. The number of amides is 1. The van der Waals surface area contributed by atoms with Crippen LogP contribution in [-0.2, 0) is 22.6 Å². The van der Waals surface area contributed by atoms with Crippen molar-refractivity contribution in [2.75, 3.05) is 11.9 Å². The van der Waals surface area contributed by atoms with Crippen molar-refractivity contribution in [3.05, 3.63) is 62.1 Å². The molecule has 1 aliphatic rings. The Morgan fingerprint density at radius 2 is 2.19 bits per heavy atom. The van der Waals surface area contributed by atoms with Crippen LogP contribution in [0.5, 0.6) is 0 Å². The minimum atomic E-state index is -0.459. The number of rotatable bonds is 5. The quantitative estimate of drug-likeness (QED) is 0.513. The SMILES string of the molecule is Cc1cccc(NC(=O)Cn2nc3n(CC4CCCO4)c(=O)c4sccc4n3c2=O)c1. The summed E-state index contributed by atoms with van der Waals surface area (Å²) in [7, 11) is 0. The highest BCUT2D eigenvalue weighted by Crippen LogP contribution is 2.19. The number of fused-ring (bicyclic) bond motifs is 3. The largest absolute Gasteiger partial charge is 0.376 e. The van der Waals surface area contributed by atoms with E-state index in [-0.39, 0.29) is 29.9 Å². The van der Waals surface area contributed by atoms with Gasteiger partial charge in [0.1, 0.15) is 11.2 Å². The summed E-state index contributed by atoms with van der Waals surface area (Å²) in [5.41, 5.74) is 1.51. The number of carbonyl (C=O) groups excluding carboxylic acids is 1. The van der Waals surface area contributed by atoms with Gasteiger partial charge in [0.05, 0.1) is 18.2 Å². The minimum absolute atomic E-state index is 0.0937. The van der Waals surface area contributed by atoms with Gasteiger partial charge in [-0.15, -0.1) is 16.4 Å². The number of nitrogens with one attached hydrogen (secondary N) is 1. The zero-order valence-electron chi connectivity index (χ0n) is 16.9. The lowest BCUT2D eigenvalue weighted by Gasteiger charge is -2.12. The Bertz CT molecular complexity index is 1410. The maximum atomic E-state index is 13.1. The third-order valence-electron chi connectivity index (χ3n) is 5.39. The molecule has 9 nitrogen and oxygen atoms in total. The fraction of sp³-hybridized carbons (Fsp3) is 0.333. The average molecular weight is 439 g/mol. The Hall–Kier alpha value is -3.24. The van der Waals surface area contributed by atoms with E-state index in [0.717, 1.165) is 23.1 Å². The zero-order chi connectivity index (χ0) is 21.5. The van der Waals surface area contributed by atoms with Crippen molar-refractivity contribution in [2.45, 2.75) is 39.0 Å². The number of nitrogens with zero attached hydrogens (tertiary/aromatic N) is 4. The Morgan fingerprint density at radius 1 is 1.32 bits per heavy atom. The molecule has 1 aliphatic heterocycles. The van der Waals surface area contributed by atoms with Crippen LogP contribution in [0, 0.1) is 6.92 Å². The highest BCUT2D eigenvalue weighted by Gasteiger charge is 2.23. The van der Waals surface area contributed by atoms with Gasteiger partial charge in [-0.05, 0) is 48.9 Å². The summed E-state index contributed by atoms with van der Waals surface area (Å²) in [6, 6.07) is 9.13. The summed E-state index contributed by atoms with van der Waals surface area (Å²) in [6.45, 7) is 2.66. The number of carbonyl (C=O) groups is 1. The van der Waals surface area contributed by atoms with E-state index in [0.29, 0.717) is 29.1 Å². The molecule has 0 aliphatic carbocycles. The first kappa shape index (κ1) is 19.7. The van der Waals surface area contributed by atoms with Crippen molar-refractivity contribution >= 4 is 38.9 Å². The summed E-state index contributed by atoms with van der Waals surface area (Å²) in [5, 5.41) is 8.92. The molecule has 1 fully saturated rings. The molecule has 1 atom stereocenters. The van der Waals surface area contributed by atoms with Crippen LogP contribution < -0.4 is 16.6 Å². The van der Waals surface area contributed by atoms with Crippen molar-refractivity contribution in [1.29, 1.82) is 0 Å². The van der Waals surface area contributed by atoms with E-state index in [1.165, 1.54) is 20.3 Å². The number of hydrogen-bond acceptors (Lipinski definition) is 6. The van der Waals surface area contributed by atoms with Gasteiger partial charge in [-0.25, -0.2) is 13.9 Å². The third-order valence-corrected chi connectivity index (χ3v) is 6.29. The Morgan fingerprint density at radius 3 is 2.97 bits per heavy atom. The van der Waals surface area contributed by atoms with Crippen LogP contribution in [0.25, 0.3) is 16.0 Å². The fourth-order valence-electron chi connectivity index (χ4n) is 3.95. The second kappa shape index (κ2) is 7.78. The molecule has 0 bridgehead atoms. The van der Waals surface area contributed by atoms with Gasteiger partial charge in [-0.1, -0.05) is 12.1 Å². The van der Waals surface area contributed by atoms with Crippen LogP contribution in [0.4, 0.5) is 5.69 Å². The number of aromatic nitrogens is 4. The summed E-state index contributed by atoms with van der Waals surface area (Å²) in [5.74, 6) is -0.148. The predicted octanol–water partition coefficient (Wildman–Crippen LogP) is 2.00. The summed E-state index contributed by atoms with van der Waals surface area (Å²) >= 11 is 1.29. The van der Waals surface area contributed by atoms with E-state index >= 15 is 0 Å². The van der Waals surface area contributed by atoms with Crippen LogP contribution in [0.1, 0.15) is 18.4 Å². The molecule has 4 aromatic rings. The smallest absolute Gasteiger partial charge is 0.352 e. The summed E-state index contributed by atoms with van der Waals surface area (Å²) < 4.78 is 10.2. The monoisotopic (exact) mass is 439 g/mol. The fourth-order valence-corrected chi connectivity index (χ4v) is 4.78. The maximum Gasteiger partial charge on any atom is 0.352 e. The van der Waals surface area contributed by atoms with Crippen LogP contribution >= 0.6 is 11.3 Å². The molecular weight excluding hydrogens is 418 g/mol. The first-order chi connectivity index (χ1) is 15.0. The van der Waals surface area contributed by atoms with E-state index in [4.69, 9.17) is 4.74 Å². The number of aryl methyl sites for hydroxylation is 1. The summed E-state index contributed by atoms with van der Waals surface area (Å²) in [4.78, 5) is 38.8. The molecule has 0 radical (unpaired) electrons. The van der Waals surface area contributed by atoms with Crippen molar-refractivity contribution in [1.82, 2.24) is 18.7 Å². The number of anilines is 1. The molecular formula is C21H21N5O4S. The van der Waals surface area contributed by atoms with Gasteiger partial charge in [0, 0.05) is 12.3 Å². The van der Waals surface area contributed by atoms with E-state index in [2.05, 4.69) is 10.4 Å². The molecule has 10 heteroatoms. The van der Waals surface area contributed by atoms with Crippen molar-refractivity contribution < 1.29 is 9.53 Å².